The van der Waals surface area contributed by atoms with Crippen LogP contribution in [0.15, 0.2) is 48.5 Å². The number of halogens is 2. The van der Waals surface area contributed by atoms with Gasteiger partial charge in [-0.2, -0.15) is 0 Å². The van der Waals surface area contributed by atoms with Crippen LogP contribution in [0.25, 0.3) is 0 Å². The number of nitrogens with zero attached hydrogens (tertiary/aromatic N) is 1. The number of hydrogen-bond acceptors (Lipinski definition) is 4. The Kier molecular flexibility index (Phi) is 7.29. The molecule has 0 radical (unpaired) electrons. The van der Waals surface area contributed by atoms with Crippen LogP contribution in [0.5, 0.6) is 0 Å². The van der Waals surface area contributed by atoms with Crippen LogP contribution < -0.4 is 9.62 Å². The maximum atomic E-state index is 12.7. The Morgan fingerprint density at radius 1 is 1.10 bits per heavy atom. The van der Waals surface area contributed by atoms with Crippen molar-refractivity contribution in [2.45, 2.75) is 18.3 Å². The SMILES string of the molecule is CS(=O)(=O)N(CC(=O)NCC1(c2ccccc2)CCOCC1)c1ccc(Cl)c(Cl)c1. The Labute approximate surface area is 187 Å². The molecule has 162 valence electrons. The van der Waals surface area contributed by atoms with E-state index < -0.39 is 15.9 Å². The van der Waals surface area contributed by atoms with E-state index in [1.54, 1.807) is 0 Å². The number of carbonyl (C=O) groups is 1. The smallest absolute Gasteiger partial charge is 0.240 e. The van der Waals surface area contributed by atoms with Gasteiger partial charge in [0.1, 0.15) is 6.54 Å². The van der Waals surface area contributed by atoms with Crippen molar-refractivity contribution in [3.05, 3.63) is 64.1 Å². The Morgan fingerprint density at radius 3 is 2.37 bits per heavy atom. The van der Waals surface area contributed by atoms with Gasteiger partial charge in [-0.05, 0) is 36.6 Å². The fraction of sp³-hybridized carbons (Fsp3) is 0.381. The van der Waals surface area contributed by atoms with Crippen LogP contribution in [0.2, 0.25) is 10.0 Å². The topological polar surface area (TPSA) is 75.7 Å². The van der Waals surface area contributed by atoms with E-state index in [0.29, 0.717) is 24.8 Å². The van der Waals surface area contributed by atoms with Gasteiger partial charge in [-0.3, -0.25) is 9.10 Å². The average molecular weight is 471 g/mol. The molecule has 0 bridgehead atoms. The predicted molar refractivity (Wildman–Crippen MR) is 120 cm³/mol. The van der Waals surface area contributed by atoms with Crippen LogP contribution in [-0.4, -0.2) is 46.9 Å². The van der Waals surface area contributed by atoms with Gasteiger partial charge in [-0.1, -0.05) is 53.5 Å². The summed E-state index contributed by atoms with van der Waals surface area (Å²) in [5, 5.41) is 3.45. The summed E-state index contributed by atoms with van der Waals surface area (Å²) in [6, 6.07) is 14.5. The number of sulfonamides is 1. The van der Waals surface area contributed by atoms with Crippen molar-refractivity contribution in [3.63, 3.8) is 0 Å². The van der Waals surface area contributed by atoms with Crippen molar-refractivity contribution < 1.29 is 17.9 Å². The number of carbonyl (C=O) groups excluding carboxylic acids is 1. The number of hydrogen-bond donors (Lipinski definition) is 1. The standard InChI is InChI=1S/C21H24Cl2N2O4S/c1-30(27,28)25(17-7-8-18(22)19(23)13-17)14-20(26)24-15-21(9-11-29-12-10-21)16-5-3-2-4-6-16/h2-8,13H,9-12,14-15H2,1H3,(H,24,26). The molecule has 1 aliphatic heterocycles. The minimum absolute atomic E-state index is 0.216. The summed E-state index contributed by atoms with van der Waals surface area (Å²) >= 11 is 12.0. The molecule has 1 amide bonds. The third-order valence-electron chi connectivity index (χ3n) is 5.34. The normalized spacial score (nSPS) is 16.1. The maximum absolute atomic E-state index is 12.7. The number of rotatable bonds is 7. The van der Waals surface area contributed by atoms with Gasteiger partial charge in [0.15, 0.2) is 0 Å². The zero-order chi connectivity index (χ0) is 21.8. The van der Waals surface area contributed by atoms with Crippen LogP contribution in [-0.2, 0) is 25.0 Å². The molecule has 6 nitrogen and oxygen atoms in total. The number of ether oxygens (including phenoxy) is 1. The highest BCUT2D eigenvalue weighted by molar-refractivity contribution is 7.92. The molecule has 1 aliphatic rings. The van der Waals surface area contributed by atoms with Crippen molar-refractivity contribution in [3.8, 4) is 0 Å². The number of benzene rings is 2. The molecule has 0 saturated carbocycles. The molecule has 1 fully saturated rings. The first-order valence-electron chi connectivity index (χ1n) is 9.54. The lowest BCUT2D eigenvalue weighted by molar-refractivity contribution is -0.120. The summed E-state index contributed by atoms with van der Waals surface area (Å²) in [6.45, 7) is 1.28. The molecule has 30 heavy (non-hydrogen) atoms. The summed E-state index contributed by atoms with van der Waals surface area (Å²) < 4.78 is 31.1. The monoisotopic (exact) mass is 470 g/mol. The highest BCUT2D eigenvalue weighted by Gasteiger charge is 2.35. The second kappa shape index (κ2) is 9.56. The van der Waals surface area contributed by atoms with Crippen molar-refractivity contribution >= 4 is 44.8 Å². The quantitative estimate of drug-likeness (QED) is 0.670. The zero-order valence-electron chi connectivity index (χ0n) is 16.6. The van der Waals surface area contributed by atoms with Gasteiger partial charge in [0, 0.05) is 25.2 Å². The molecular weight excluding hydrogens is 447 g/mol. The number of amides is 1. The first-order valence-corrected chi connectivity index (χ1v) is 12.1. The summed E-state index contributed by atoms with van der Waals surface area (Å²) in [7, 11) is -3.70. The lowest BCUT2D eigenvalue weighted by Crippen LogP contribution is -2.47. The third kappa shape index (κ3) is 5.46. The van der Waals surface area contributed by atoms with Gasteiger partial charge in [-0.25, -0.2) is 8.42 Å². The molecule has 1 heterocycles. The minimum atomic E-state index is -3.70. The molecule has 2 aromatic rings. The fourth-order valence-electron chi connectivity index (χ4n) is 3.62. The summed E-state index contributed by atoms with van der Waals surface area (Å²) in [5.41, 5.74) is 1.18. The molecule has 0 unspecified atom stereocenters. The molecule has 0 aromatic heterocycles. The second-order valence-electron chi connectivity index (χ2n) is 7.40. The van der Waals surface area contributed by atoms with E-state index in [-0.39, 0.29) is 22.7 Å². The first kappa shape index (κ1) is 22.9. The average Bonchev–Trinajstić information content (AvgIpc) is 2.73. The molecule has 1 N–H and O–H groups in total. The predicted octanol–water partition coefficient (Wildman–Crippen LogP) is 3.62. The highest BCUT2D eigenvalue weighted by atomic mass is 35.5. The third-order valence-corrected chi connectivity index (χ3v) is 7.22. The van der Waals surface area contributed by atoms with Crippen molar-refractivity contribution in [1.29, 1.82) is 0 Å². The van der Waals surface area contributed by atoms with Crippen molar-refractivity contribution in [2.24, 2.45) is 0 Å². The molecule has 0 atom stereocenters. The van der Waals surface area contributed by atoms with Gasteiger partial charge >= 0.3 is 0 Å². The lowest BCUT2D eigenvalue weighted by atomic mass is 9.74. The minimum Gasteiger partial charge on any atom is -0.381 e. The van der Waals surface area contributed by atoms with Crippen molar-refractivity contribution in [2.75, 3.05) is 36.9 Å². The number of anilines is 1. The van der Waals surface area contributed by atoms with E-state index in [2.05, 4.69) is 17.4 Å². The molecular formula is C21H24Cl2N2O4S. The van der Waals surface area contributed by atoms with Gasteiger partial charge in [0.25, 0.3) is 0 Å². The van der Waals surface area contributed by atoms with E-state index in [9.17, 15) is 13.2 Å². The van der Waals surface area contributed by atoms with E-state index >= 15 is 0 Å². The molecule has 0 spiro atoms. The molecule has 0 aliphatic carbocycles. The molecule has 3 rings (SSSR count). The highest BCUT2D eigenvalue weighted by Crippen LogP contribution is 2.34. The Hall–Kier alpha value is -1.80. The number of nitrogens with one attached hydrogen (secondary N) is 1. The van der Waals surface area contributed by atoms with Crippen LogP contribution in [0, 0.1) is 0 Å². The van der Waals surface area contributed by atoms with Crippen LogP contribution in [0.4, 0.5) is 5.69 Å². The van der Waals surface area contributed by atoms with Gasteiger partial charge in [0.05, 0.1) is 22.0 Å². The molecule has 2 aromatic carbocycles. The summed E-state index contributed by atoms with van der Waals surface area (Å²) in [4.78, 5) is 12.7. The lowest BCUT2D eigenvalue weighted by Gasteiger charge is -2.38. The largest absolute Gasteiger partial charge is 0.381 e. The van der Waals surface area contributed by atoms with Crippen LogP contribution in [0.3, 0.4) is 0 Å². The van der Waals surface area contributed by atoms with Crippen molar-refractivity contribution in [1.82, 2.24) is 5.32 Å². The second-order valence-corrected chi connectivity index (χ2v) is 10.1. The van der Waals surface area contributed by atoms with Gasteiger partial charge in [0.2, 0.25) is 15.9 Å². The molecule has 1 saturated heterocycles. The van der Waals surface area contributed by atoms with E-state index in [1.165, 1.54) is 18.2 Å². The first-order chi connectivity index (χ1) is 14.2. The fourth-order valence-corrected chi connectivity index (χ4v) is 4.76. The van der Waals surface area contributed by atoms with E-state index in [1.807, 2.05) is 18.2 Å². The van der Waals surface area contributed by atoms with Gasteiger partial charge in [-0.15, -0.1) is 0 Å². The summed E-state index contributed by atoms with van der Waals surface area (Å²) in [5.74, 6) is -0.395. The van der Waals surface area contributed by atoms with E-state index in [0.717, 1.165) is 29.0 Å². The Bertz CT molecular complexity index is 993. The van der Waals surface area contributed by atoms with E-state index in [4.69, 9.17) is 27.9 Å². The van der Waals surface area contributed by atoms with Gasteiger partial charge < -0.3 is 10.1 Å². The Morgan fingerprint density at radius 2 is 1.77 bits per heavy atom. The zero-order valence-corrected chi connectivity index (χ0v) is 18.9. The van der Waals surface area contributed by atoms with Crippen LogP contribution >= 0.6 is 23.2 Å². The summed E-state index contributed by atoms with van der Waals surface area (Å²) in [6.07, 6.45) is 2.60. The Balaban J connectivity index is 1.75. The maximum Gasteiger partial charge on any atom is 0.240 e. The van der Waals surface area contributed by atoms with Crippen LogP contribution in [0.1, 0.15) is 18.4 Å². The molecule has 9 heteroatoms.